The fourth-order valence-corrected chi connectivity index (χ4v) is 2.48. The molecule has 0 spiro atoms. The van der Waals surface area contributed by atoms with E-state index in [0.29, 0.717) is 10.9 Å². The molecule has 2 radical (unpaired) electrons. The zero-order valence-corrected chi connectivity index (χ0v) is 11.5. The molecule has 0 saturated heterocycles. The van der Waals surface area contributed by atoms with Gasteiger partial charge in [-0.15, -0.1) is 0 Å². The Morgan fingerprint density at radius 3 is 2.74 bits per heavy atom. The van der Waals surface area contributed by atoms with Crippen molar-refractivity contribution in [1.29, 1.82) is 0 Å². The van der Waals surface area contributed by atoms with Crippen LogP contribution in [-0.2, 0) is 13.8 Å². The van der Waals surface area contributed by atoms with Gasteiger partial charge in [0.25, 0.3) is 9.05 Å². The Morgan fingerprint density at radius 1 is 1.47 bits per heavy atom. The Balaban J connectivity index is 2.62. The third-order valence-electron chi connectivity index (χ3n) is 2.57. The van der Waals surface area contributed by atoms with E-state index in [1.54, 1.807) is 6.92 Å². The lowest BCUT2D eigenvalue weighted by atomic mass is 9.92. The van der Waals surface area contributed by atoms with Crippen LogP contribution in [-0.4, -0.2) is 33.8 Å². The monoisotopic (exact) mass is 297 g/mol. The number of fused-ring (bicyclic) bond motifs is 1. The second-order valence-electron chi connectivity index (χ2n) is 3.78. The molecule has 0 fully saturated rings. The highest BCUT2D eigenvalue weighted by Crippen LogP contribution is 2.21. The lowest BCUT2D eigenvalue weighted by molar-refractivity contribution is 0.0522. The minimum absolute atomic E-state index is 0.0808. The number of halogens is 1. The number of ether oxygens (including phenoxy) is 1. The SMILES string of the molecule is [B]c1c(C(=O)OCC)[nH]c2ccc(S(=O)(=O)Cl)cc12. The molecule has 0 atom stereocenters. The minimum atomic E-state index is -3.85. The molecule has 98 valence electrons. The van der Waals surface area contributed by atoms with Gasteiger partial charge >= 0.3 is 5.97 Å². The fraction of sp³-hybridized carbons (Fsp3) is 0.182. The van der Waals surface area contributed by atoms with E-state index in [1.807, 2.05) is 0 Å². The Bertz CT molecular complexity index is 753. The first-order valence-corrected chi connectivity index (χ1v) is 7.68. The number of carbonyl (C=O) groups is 1. The summed E-state index contributed by atoms with van der Waals surface area (Å²) in [6.07, 6.45) is 0. The molecule has 2 aromatic rings. The average molecular weight is 298 g/mol. The lowest BCUT2D eigenvalue weighted by Crippen LogP contribution is -2.16. The molecule has 19 heavy (non-hydrogen) atoms. The summed E-state index contributed by atoms with van der Waals surface area (Å²) in [6.45, 7) is 1.89. The molecule has 1 heterocycles. The van der Waals surface area contributed by atoms with Gasteiger partial charge in [0.2, 0.25) is 0 Å². The first-order valence-electron chi connectivity index (χ1n) is 5.37. The maximum absolute atomic E-state index is 11.6. The van der Waals surface area contributed by atoms with Crippen molar-refractivity contribution >= 4 is 49.9 Å². The summed E-state index contributed by atoms with van der Waals surface area (Å²) in [5, 5.41) is 0.407. The molecular weight excluding hydrogens is 288 g/mol. The maximum Gasteiger partial charge on any atom is 0.354 e. The van der Waals surface area contributed by atoms with Gasteiger partial charge in [-0.3, -0.25) is 0 Å². The first-order chi connectivity index (χ1) is 8.84. The molecule has 1 N–H and O–H groups in total. The molecule has 0 bridgehead atoms. The Labute approximate surface area is 115 Å². The predicted molar refractivity (Wildman–Crippen MR) is 72.7 cm³/mol. The van der Waals surface area contributed by atoms with Crippen molar-refractivity contribution in [3.05, 3.63) is 23.9 Å². The summed E-state index contributed by atoms with van der Waals surface area (Å²) in [4.78, 5) is 14.3. The molecule has 0 unspecified atom stereocenters. The molecule has 0 aliphatic heterocycles. The van der Waals surface area contributed by atoms with Gasteiger partial charge in [0, 0.05) is 16.2 Å². The van der Waals surface area contributed by atoms with Gasteiger partial charge in [-0.2, -0.15) is 0 Å². The van der Waals surface area contributed by atoms with Gasteiger partial charge < -0.3 is 9.72 Å². The van der Waals surface area contributed by atoms with E-state index in [4.69, 9.17) is 23.3 Å². The summed E-state index contributed by atoms with van der Waals surface area (Å²) in [5.74, 6) is -0.591. The van der Waals surface area contributed by atoms with E-state index in [-0.39, 0.29) is 22.7 Å². The van der Waals surface area contributed by atoms with Crippen molar-refractivity contribution in [2.24, 2.45) is 0 Å². The molecule has 0 aliphatic carbocycles. The lowest BCUT2D eigenvalue weighted by Gasteiger charge is -2.00. The summed E-state index contributed by atoms with van der Waals surface area (Å²) in [6, 6.07) is 4.13. The second-order valence-corrected chi connectivity index (χ2v) is 6.35. The molecule has 0 aliphatic rings. The first kappa shape index (κ1) is 14.0. The van der Waals surface area contributed by atoms with Crippen molar-refractivity contribution in [2.75, 3.05) is 6.61 Å². The largest absolute Gasteiger partial charge is 0.461 e. The smallest absolute Gasteiger partial charge is 0.354 e. The highest BCUT2D eigenvalue weighted by molar-refractivity contribution is 8.13. The van der Waals surface area contributed by atoms with Crippen molar-refractivity contribution in [1.82, 2.24) is 4.98 Å². The van der Waals surface area contributed by atoms with Crippen LogP contribution in [0.2, 0.25) is 0 Å². The maximum atomic E-state index is 11.6. The van der Waals surface area contributed by atoms with Crippen LogP contribution in [0.3, 0.4) is 0 Å². The average Bonchev–Trinajstić information content (AvgIpc) is 2.66. The topological polar surface area (TPSA) is 76.2 Å². The molecule has 5 nitrogen and oxygen atoms in total. The van der Waals surface area contributed by atoms with E-state index < -0.39 is 15.0 Å². The van der Waals surface area contributed by atoms with Crippen LogP contribution >= 0.6 is 10.7 Å². The van der Waals surface area contributed by atoms with Gasteiger partial charge in [0.05, 0.1) is 11.5 Å². The van der Waals surface area contributed by atoms with Crippen molar-refractivity contribution < 1.29 is 17.9 Å². The summed E-state index contributed by atoms with van der Waals surface area (Å²) < 4.78 is 27.3. The van der Waals surface area contributed by atoms with Crippen LogP contribution in [0.4, 0.5) is 0 Å². The highest BCUT2D eigenvalue weighted by atomic mass is 35.7. The standard InChI is InChI=1S/C11H9BClNO4S/c1-2-18-11(15)10-9(12)7-5-6(19(13,16)17)3-4-8(7)14-10/h3-5,14H,2H2,1H3. The number of hydrogen-bond donors (Lipinski definition) is 1. The highest BCUT2D eigenvalue weighted by Gasteiger charge is 2.17. The Kier molecular flexibility index (Phi) is 3.60. The molecule has 0 amide bonds. The quantitative estimate of drug-likeness (QED) is 0.522. The third kappa shape index (κ3) is 2.62. The van der Waals surface area contributed by atoms with Crippen LogP contribution in [0, 0.1) is 0 Å². The summed E-state index contributed by atoms with van der Waals surface area (Å²) >= 11 is 0. The van der Waals surface area contributed by atoms with E-state index in [2.05, 4.69) is 4.98 Å². The number of rotatable bonds is 3. The van der Waals surface area contributed by atoms with Crippen LogP contribution < -0.4 is 5.46 Å². The number of nitrogens with one attached hydrogen (secondary N) is 1. The number of carbonyl (C=O) groups excluding carboxylic acids is 1. The van der Waals surface area contributed by atoms with E-state index in [0.717, 1.165) is 0 Å². The zero-order valence-electron chi connectivity index (χ0n) is 9.94. The van der Waals surface area contributed by atoms with Gasteiger partial charge in [0.15, 0.2) is 0 Å². The number of esters is 1. The van der Waals surface area contributed by atoms with Gasteiger partial charge in [-0.05, 0) is 30.5 Å². The second kappa shape index (κ2) is 4.90. The number of benzene rings is 1. The van der Waals surface area contributed by atoms with Crippen LogP contribution in [0.25, 0.3) is 10.9 Å². The molecule has 8 heteroatoms. The molecular formula is C11H9BClNO4S. The minimum Gasteiger partial charge on any atom is -0.461 e. The van der Waals surface area contributed by atoms with Crippen LogP contribution in [0.15, 0.2) is 23.1 Å². The molecule has 2 rings (SSSR count). The number of aromatic amines is 1. The molecule has 0 saturated carbocycles. The van der Waals surface area contributed by atoms with Crippen LogP contribution in [0.1, 0.15) is 17.4 Å². The Hall–Kier alpha value is -1.47. The van der Waals surface area contributed by atoms with E-state index in [1.165, 1.54) is 18.2 Å². The number of aromatic nitrogens is 1. The normalized spacial score (nSPS) is 11.7. The zero-order chi connectivity index (χ0) is 14.2. The molecule has 1 aromatic carbocycles. The summed E-state index contributed by atoms with van der Waals surface area (Å²) in [7, 11) is 7.23. The van der Waals surface area contributed by atoms with E-state index >= 15 is 0 Å². The number of H-pyrrole nitrogens is 1. The summed E-state index contributed by atoms with van der Waals surface area (Å²) in [5.41, 5.74) is 0.765. The van der Waals surface area contributed by atoms with Crippen molar-refractivity contribution in [3.8, 4) is 0 Å². The third-order valence-corrected chi connectivity index (χ3v) is 3.92. The van der Waals surface area contributed by atoms with Gasteiger partial charge in [-0.1, -0.05) is 5.46 Å². The number of hydrogen-bond acceptors (Lipinski definition) is 4. The van der Waals surface area contributed by atoms with E-state index in [9.17, 15) is 13.2 Å². The molecule has 1 aromatic heterocycles. The van der Waals surface area contributed by atoms with Gasteiger partial charge in [0.1, 0.15) is 13.5 Å². The van der Waals surface area contributed by atoms with Crippen molar-refractivity contribution in [2.45, 2.75) is 11.8 Å². The predicted octanol–water partition coefficient (Wildman–Crippen LogP) is 1.07. The Morgan fingerprint density at radius 2 is 2.16 bits per heavy atom. The van der Waals surface area contributed by atoms with Crippen molar-refractivity contribution in [3.63, 3.8) is 0 Å². The fourth-order valence-electron chi connectivity index (χ4n) is 1.71. The van der Waals surface area contributed by atoms with Gasteiger partial charge in [-0.25, -0.2) is 13.2 Å². The van der Waals surface area contributed by atoms with Crippen LogP contribution in [0.5, 0.6) is 0 Å².